The Kier molecular flexibility index (Phi) is 3.95. The number of carbonyl (C=O) groups excluding carboxylic acids is 1. The second-order valence-corrected chi connectivity index (χ2v) is 6.14. The van der Waals surface area contributed by atoms with Gasteiger partial charge in [0.1, 0.15) is 11.6 Å². The maximum Gasteiger partial charge on any atom is 0.311 e. The van der Waals surface area contributed by atoms with Crippen molar-refractivity contribution in [3.8, 4) is 11.3 Å². The maximum atomic E-state index is 11.7. The van der Waals surface area contributed by atoms with Crippen molar-refractivity contribution in [2.24, 2.45) is 5.41 Å². The van der Waals surface area contributed by atoms with Crippen LogP contribution in [0.2, 0.25) is 0 Å². The van der Waals surface area contributed by atoms with E-state index >= 15 is 0 Å². The number of esters is 1. The molecule has 0 saturated carbocycles. The van der Waals surface area contributed by atoms with E-state index in [1.165, 1.54) is 11.3 Å². The van der Waals surface area contributed by atoms with Gasteiger partial charge in [0.25, 0.3) is 0 Å². The summed E-state index contributed by atoms with van der Waals surface area (Å²) in [5, 5.41) is 2.73. The maximum absolute atomic E-state index is 11.7. The van der Waals surface area contributed by atoms with E-state index in [0.717, 1.165) is 16.3 Å². The molecule has 0 fully saturated rings. The molecule has 4 nitrogen and oxygen atoms in total. The Hall–Kier alpha value is -1.75. The van der Waals surface area contributed by atoms with Crippen LogP contribution in [0.15, 0.2) is 29.9 Å². The fraction of sp³-hybridized carbons (Fsp3) is 0.357. The van der Waals surface area contributed by atoms with Crippen LogP contribution in [0.25, 0.3) is 11.3 Å². The number of ether oxygens (including phenoxy) is 1. The summed E-state index contributed by atoms with van der Waals surface area (Å²) in [6.45, 7) is 5.72. The molecule has 0 aliphatic rings. The summed E-state index contributed by atoms with van der Waals surface area (Å²) in [5.41, 5.74) is 1.34. The Morgan fingerprint density at radius 2 is 2.21 bits per heavy atom. The van der Waals surface area contributed by atoms with Crippen LogP contribution in [0.1, 0.15) is 25.8 Å². The van der Waals surface area contributed by atoms with Gasteiger partial charge in [0.2, 0.25) is 0 Å². The lowest BCUT2D eigenvalue weighted by Gasteiger charge is -2.15. The molecular formula is C14H16N2O2S. The molecule has 2 aromatic heterocycles. The first-order chi connectivity index (χ1) is 8.97. The fourth-order valence-electron chi connectivity index (χ4n) is 1.37. The number of hydrogen-bond acceptors (Lipinski definition) is 5. The Morgan fingerprint density at radius 3 is 2.84 bits per heavy atom. The molecule has 0 aliphatic carbocycles. The summed E-state index contributed by atoms with van der Waals surface area (Å²) < 4.78 is 5.24. The van der Waals surface area contributed by atoms with Crippen molar-refractivity contribution in [3.05, 3.63) is 34.9 Å². The molecule has 0 aliphatic heterocycles. The van der Waals surface area contributed by atoms with Gasteiger partial charge in [-0.05, 0) is 32.9 Å². The van der Waals surface area contributed by atoms with Crippen LogP contribution in [-0.4, -0.2) is 15.9 Å². The first-order valence-corrected chi connectivity index (χ1v) is 6.87. The highest BCUT2D eigenvalue weighted by Crippen LogP contribution is 2.22. The van der Waals surface area contributed by atoms with Crippen LogP contribution in [0.5, 0.6) is 0 Å². The van der Waals surface area contributed by atoms with Gasteiger partial charge in [0, 0.05) is 23.3 Å². The molecule has 0 bridgehead atoms. The molecule has 0 N–H and O–H groups in total. The van der Waals surface area contributed by atoms with Gasteiger partial charge in [-0.15, -0.1) is 11.3 Å². The number of pyridine rings is 1. The molecule has 0 saturated heterocycles. The van der Waals surface area contributed by atoms with Crippen LogP contribution < -0.4 is 0 Å². The van der Waals surface area contributed by atoms with E-state index in [0.29, 0.717) is 0 Å². The monoisotopic (exact) mass is 276 g/mol. The zero-order chi connectivity index (χ0) is 13.9. The predicted molar refractivity (Wildman–Crippen MR) is 74.6 cm³/mol. The third-order valence-electron chi connectivity index (χ3n) is 2.45. The fourth-order valence-corrected chi connectivity index (χ4v) is 2.08. The van der Waals surface area contributed by atoms with Crippen LogP contribution in [0, 0.1) is 5.41 Å². The lowest BCUT2D eigenvalue weighted by molar-refractivity contribution is -0.154. The highest BCUT2D eigenvalue weighted by atomic mass is 32.1. The molecule has 0 spiro atoms. The van der Waals surface area contributed by atoms with E-state index in [-0.39, 0.29) is 12.6 Å². The summed E-state index contributed by atoms with van der Waals surface area (Å²) in [7, 11) is 0. The normalized spacial score (nSPS) is 11.3. The van der Waals surface area contributed by atoms with Gasteiger partial charge < -0.3 is 4.74 Å². The number of hydrogen-bond donors (Lipinski definition) is 0. The molecule has 0 radical (unpaired) electrons. The molecule has 2 heterocycles. The van der Waals surface area contributed by atoms with Gasteiger partial charge in [-0.1, -0.05) is 0 Å². The highest BCUT2D eigenvalue weighted by molar-refractivity contribution is 7.09. The smallest absolute Gasteiger partial charge is 0.311 e. The Labute approximate surface area is 116 Å². The van der Waals surface area contributed by atoms with Crippen molar-refractivity contribution in [1.82, 2.24) is 9.97 Å². The van der Waals surface area contributed by atoms with E-state index in [1.807, 2.05) is 38.3 Å². The van der Waals surface area contributed by atoms with Gasteiger partial charge in [-0.2, -0.15) is 0 Å². The minimum atomic E-state index is -0.483. The number of carbonyl (C=O) groups is 1. The van der Waals surface area contributed by atoms with Crippen molar-refractivity contribution < 1.29 is 9.53 Å². The van der Waals surface area contributed by atoms with Crippen LogP contribution in [-0.2, 0) is 16.1 Å². The van der Waals surface area contributed by atoms with E-state index in [4.69, 9.17) is 4.74 Å². The molecule has 0 atom stereocenters. The molecule has 19 heavy (non-hydrogen) atoms. The Balaban J connectivity index is 2.01. The molecule has 0 amide bonds. The lowest BCUT2D eigenvalue weighted by Crippen LogP contribution is -2.22. The standard InChI is InChI=1S/C14H16N2O2S/c1-14(2,3)13(17)18-8-12-16-11(9-19-12)10-5-4-6-15-7-10/h4-7,9H,8H2,1-3H3. The molecule has 0 unspecified atom stereocenters. The SMILES string of the molecule is CC(C)(C)C(=O)OCc1nc(-c2cccnc2)cs1. The van der Waals surface area contributed by atoms with E-state index < -0.39 is 5.41 Å². The second-order valence-electron chi connectivity index (χ2n) is 5.19. The number of rotatable bonds is 3. The van der Waals surface area contributed by atoms with Crippen molar-refractivity contribution in [1.29, 1.82) is 0 Å². The summed E-state index contributed by atoms with van der Waals surface area (Å²) in [4.78, 5) is 20.2. The third kappa shape index (κ3) is 3.61. The van der Waals surface area contributed by atoms with Gasteiger partial charge in [-0.25, -0.2) is 4.98 Å². The zero-order valence-corrected chi connectivity index (χ0v) is 12.0. The Morgan fingerprint density at radius 1 is 1.42 bits per heavy atom. The van der Waals surface area contributed by atoms with Gasteiger partial charge in [0.05, 0.1) is 11.1 Å². The molecular weight excluding hydrogens is 260 g/mol. The third-order valence-corrected chi connectivity index (χ3v) is 3.27. The van der Waals surface area contributed by atoms with E-state index in [1.54, 1.807) is 12.4 Å². The van der Waals surface area contributed by atoms with Crippen molar-refractivity contribution in [2.45, 2.75) is 27.4 Å². The first kappa shape index (κ1) is 13.7. The molecule has 0 aromatic carbocycles. The van der Waals surface area contributed by atoms with E-state index in [9.17, 15) is 4.79 Å². The quantitative estimate of drug-likeness (QED) is 0.807. The number of aromatic nitrogens is 2. The topological polar surface area (TPSA) is 52.1 Å². The first-order valence-electron chi connectivity index (χ1n) is 5.99. The van der Waals surface area contributed by atoms with Crippen molar-refractivity contribution >= 4 is 17.3 Å². The number of thiazole rings is 1. The predicted octanol–water partition coefficient (Wildman–Crippen LogP) is 3.29. The van der Waals surface area contributed by atoms with Crippen molar-refractivity contribution in [2.75, 3.05) is 0 Å². The summed E-state index contributed by atoms with van der Waals surface area (Å²) >= 11 is 1.48. The molecule has 2 aromatic rings. The lowest BCUT2D eigenvalue weighted by atomic mass is 9.97. The van der Waals surface area contributed by atoms with Crippen LogP contribution in [0.3, 0.4) is 0 Å². The minimum absolute atomic E-state index is 0.217. The minimum Gasteiger partial charge on any atom is -0.458 e. The summed E-state index contributed by atoms with van der Waals surface area (Å²) in [5.74, 6) is -0.217. The largest absolute Gasteiger partial charge is 0.458 e. The highest BCUT2D eigenvalue weighted by Gasteiger charge is 2.23. The van der Waals surface area contributed by atoms with E-state index in [2.05, 4.69) is 9.97 Å². The van der Waals surface area contributed by atoms with Gasteiger partial charge in [0.15, 0.2) is 0 Å². The van der Waals surface area contributed by atoms with Crippen LogP contribution >= 0.6 is 11.3 Å². The van der Waals surface area contributed by atoms with Crippen molar-refractivity contribution in [3.63, 3.8) is 0 Å². The molecule has 5 heteroatoms. The number of nitrogens with zero attached hydrogens (tertiary/aromatic N) is 2. The Bertz CT molecular complexity index is 558. The zero-order valence-electron chi connectivity index (χ0n) is 11.2. The second kappa shape index (κ2) is 5.48. The van der Waals surface area contributed by atoms with Gasteiger partial charge >= 0.3 is 5.97 Å². The van der Waals surface area contributed by atoms with Gasteiger partial charge in [-0.3, -0.25) is 9.78 Å². The van der Waals surface area contributed by atoms with Crippen LogP contribution in [0.4, 0.5) is 0 Å². The molecule has 2 rings (SSSR count). The summed E-state index contributed by atoms with van der Waals surface area (Å²) in [6.07, 6.45) is 3.49. The average molecular weight is 276 g/mol. The summed E-state index contributed by atoms with van der Waals surface area (Å²) in [6, 6.07) is 3.82. The average Bonchev–Trinajstić information content (AvgIpc) is 2.84. The molecule has 100 valence electrons.